The number of hydrazine groups is 1. The molecule has 8 heteroatoms. The van der Waals surface area contributed by atoms with Crippen molar-refractivity contribution < 1.29 is 23.9 Å². The molecule has 0 atom stereocenters. The standard InChI is InChI=1S/C14H21N3O5/c1-6-21-14(20)17-16-12(18)11-8(4)10(9(5)15-11)13(19)22-7(2)3/h7,15H,6H2,1-5H3,(H,16,18)(H,17,20). The predicted octanol–water partition coefficient (Wildman–Crippen LogP) is 1.59. The van der Waals surface area contributed by atoms with Gasteiger partial charge in [0.05, 0.1) is 18.3 Å². The van der Waals surface area contributed by atoms with Crippen LogP contribution in [0.3, 0.4) is 0 Å². The number of amides is 2. The Morgan fingerprint density at radius 2 is 1.82 bits per heavy atom. The van der Waals surface area contributed by atoms with Crippen LogP contribution in [0.25, 0.3) is 0 Å². The van der Waals surface area contributed by atoms with E-state index in [0.29, 0.717) is 16.8 Å². The molecule has 0 aliphatic heterocycles. The second kappa shape index (κ2) is 7.48. The highest BCUT2D eigenvalue weighted by molar-refractivity contribution is 6.00. The number of carbonyl (C=O) groups is 3. The Morgan fingerprint density at radius 1 is 1.18 bits per heavy atom. The maximum Gasteiger partial charge on any atom is 0.426 e. The van der Waals surface area contributed by atoms with Gasteiger partial charge in [-0.1, -0.05) is 0 Å². The van der Waals surface area contributed by atoms with Crippen molar-refractivity contribution in [2.75, 3.05) is 6.61 Å². The molecular formula is C14H21N3O5. The second-order valence-electron chi connectivity index (χ2n) is 4.88. The number of esters is 1. The minimum Gasteiger partial charge on any atom is -0.459 e. The van der Waals surface area contributed by atoms with Crippen molar-refractivity contribution in [2.45, 2.75) is 40.7 Å². The summed E-state index contributed by atoms with van der Waals surface area (Å²) in [7, 11) is 0. The third-order valence-corrected chi connectivity index (χ3v) is 2.76. The van der Waals surface area contributed by atoms with Crippen LogP contribution < -0.4 is 10.9 Å². The summed E-state index contributed by atoms with van der Waals surface area (Å²) < 4.78 is 9.76. The summed E-state index contributed by atoms with van der Waals surface area (Å²) >= 11 is 0. The molecule has 0 fully saturated rings. The van der Waals surface area contributed by atoms with E-state index in [1.807, 2.05) is 0 Å². The van der Waals surface area contributed by atoms with Gasteiger partial charge in [-0.05, 0) is 40.2 Å². The van der Waals surface area contributed by atoms with Crippen LogP contribution in [0, 0.1) is 13.8 Å². The van der Waals surface area contributed by atoms with Crippen LogP contribution in [0.4, 0.5) is 4.79 Å². The zero-order valence-corrected chi connectivity index (χ0v) is 13.3. The van der Waals surface area contributed by atoms with Crippen molar-refractivity contribution >= 4 is 18.0 Å². The number of H-pyrrole nitrogens is 1. The summed E-state index contributed by atoms with van der Waals surface area (Å²) in [6, 6.07) is 0. The number of rotatable bonds is 4. The number of hydrogen-bond acceptors (Lipinski definition) is 5. The van der Waals surface area contributed by atoms with Gasteiger partial charge >= 0.3 is 12.1 Å². The van der Waals surface area contributed by atoms with Crippen molar-refractivity contribution in [1.29, 1.82) is 0 Å². The molecule has 3 N–H and O–H groups in total. The summed E-state index contributed by atoms with van der Waals surface area (Å²) in [6.45, 7) is 8.61. The van der Waals surface area contributed by atoms with E-state index in [0.717, 1.165) is 0 Å². The number of carbonyl (C=O) groups excluding carboxylic acids is 3. The van der Waals surface area contributed by atoms with Crippen molar-refractivity contribution in [2.24, 2.45) is 0 Å². The zero-order valence-electron chi connectivity index (χ0n) is 13.3. The molecule has 8 nitrogen and oxygen atoms in total. The fourth-order valence-electron chi connectivity index (χ4n) is 1.89. The Bertz CT molecular complexity index is 577. The SMILES string of the molecule is CCOC(=O)NNC(=O)c1[nH]c(C)c(C(=O)OC(C)C)c1C. The lowest BCUT2D eigenvalue weighted by molar-refractivity contribution is 0.0376. The molecule has 0 saturated carbocycles. The largest absolute Gasteiger partial charge is 0.459 e. The fourth-order valence-corrected chi connectivity index (χ4v) is 1.89. The molecule has 122 valence electrons. The third-order valence-electron chi connectivity index (χ3n) is 2.76. The van der Waals surface area contributed by atoms with Gasteiger partial charge in [0.2, 0.25) is 0 Å². The van der Waals surface area contributed by atoms with Crippen molar-refractivity contribution in [3.63, 3.8) is 0 Å². The number of aromatic nitrogens is 1. The van der Waals surface area contributed by atoms with Crippen LogP contribution in [0.5, 0.6) is 0 Å². The molecule has 0 bridgehead atoms. The first-order valence-electron chi connectivity index (χ1n) is 6.91. The lowest BCUT2D eigenvalue weighted by Crippen LogP contribution is -2.42. The molecule has 0 spiro atoms. The molecule has 0 aromatic carbocycles. The average Bonchev–Trinajstić information content (AvgIpc) is 2.71. The van der Waals surface area contributed by atoms with E-state index < -0.39 is 18.0 Å². The highest BCUT2D eigenvalue weighted by Gasteiger charge is 2.23. The van der Waals surface area contributed by atoms with E-state index in [1.54, 1.807) is 34.6 Å². The third kappa shape index (κ3) is 4.24. The summed E-state index contributed by atoms with van der Waals surface area (Å²) in [5.41, 5.74) is 5.75. The Morgan fingerprint density at radius 3 is 2.36 bits per heavy atom. The van der Waals surface area contributed by atoms with E-state index in [1.165, 1.54) is 0 Å². The van der Waals surface area contributed by atoms with Crippen LogP contribution >= 0.6 is 0 Å². The van der Waals surface area contributed by atoms with Crippen molar-refractivity contribution in [1.82, 2.24) is 15.8 Å². The minimum absolute atomic E-state index is 0.171. The van der Waals surface area contributed by atoms with Gasteiger partial charge in [0.1, 0.15) is 5.69 Å². The van der Waals surface area contributed by atoms with E-state index in [2.05, 4.69) is 20.6 Å². The number of ether oxygens (including phenoxy) is 2. The van der Waals surface area contributed by atoms with Crippen LogP contribution in [-0.4, -0.2) is 35.7 Å². The summed E-state index contributed by atoms with van der Waals surface area (Å²) in [4.78, 5) is 38.0. The molecule has 22 heavy (non-hydrogen) atoms. The number of aryl methyl sites for hydroxylation is 1. The number of nitrogens with one attached hydrogen (secondary N) is 3. The molecule has 1 rings (SSSR count). The lowest BCUT2D eigenvalue weighted by Gasteiger charge is -2.08. The smallest absolute Gasteiger partial charge is 0.426 e. The molecule has 0 saturated heterocycles. The maximum absolute atomic E-state index is 12.0. The summed E-state index contributed by atoms with van der Waals surface area (Å²) in [5.74, 6) is -1.09. The van der Waals surface area contributed by atoms with Crippen molar-refractivity contribution in [3.05, 3.63) is 22.5 Å². The molecular weight excluding hydrogens is 290 g/mol. The highest BCUT2D eigenvalue weighted by atomic mass is 16.6. The quantitative estimate of drug-likeness (QED) is 0.578. The first-order valence-corrected chi connectivity index (χ1v) is 6.91. The molecule has 0 aliphatic carbocycles. The maximum atomic E-state index is 12.0. The Hall–Kier alpha value is -2.51. The van der Waals surface area contributed by atoms with Gasteiger partial charge in [-0.15, -0.1) is 0 Å². The Balaban J connectivity index is 2.87. The Kier molecular flexibility index (Phi) is 5.97. The monoisotopic (exact) mass is 311 g/mol. The predicted molar refractivity (Wildman–Crippen MR) is 78.4 cm³/mol. The zero-order chi connectivity index (χ0) is 16.9. The van der Waals surface area contributed by atoms with Gasteiger partial charge in [0, 0.05) is 5.69 Å². The van der Waals surface area contributed by atoms with E-state index in [4.69, 9.17) is 4.74 Å². The van der Waals surface area contributed by atoms with Crippen LogP contribution in [0.15, 0.2) is 0 Å². The van der Waals surface area contributed by atoms with Gasteiger partial charge in [-0.3, -0.25) is 10.2 Å². The first-order chi connectivity index (χ1) is 10.3. The molecule has 0 unspecified atom stereocenters. The van der Waals surface area contributed by atoms with Gasteiger partial charge < -0.3 is 14.5 Å². The highest BCUT2D eigenvalue weighted by Crippen LogP contribution is 2.19. The summed E-state index contributed by atoms with van der Waals surface area (Å²) in [6.07, 6.45) is -1.03. The summed E-state index contributed by atoms with van der Waals surface area (Å²) in [5, 5.41) is 0. The van der Waals surface area contributed by atoms with Gasteiger partial charge in [0.25, 0.3) is 5.91 Å². The lowest BCUT2D eigenvalue weighted by atomic mass is 10.1. The van der Waals surface area contributed by atoms with Crippen LogP contribution in [0.1, 0.15) is 52.9 Å². The molecule has 1 aromatic rings. The van der Waals surface area contributed by atoms with Gasteiger partial charge in [0.15, 0.2) is 0 Å². The molecule has 0 radical (unpaired) electrons. The molecule has 0 aliphatic rings. The van der Waals surface area contributed by atoms with Gasteiger partial charge in [-0.2, -0.15) is 0 Å². The number of aromatic amines is 1. The van der Waals surface area contributed by atoms with Crippen LogP contribution in [-0.2, 0) is 9.47 Å². The van der Waals surface area contributed by atoms with Crippen LogP contribution in [0.2, 0.25) is 0 Å². The van der Waals surface area contributed by atoms with E-state index >= 15 is 0 Å². The minimum atomic E-state index is -0.767. The van der Waals surface area contributed by atoms with E-state index in [-0.39, 0.29) is 18.4 Å². The Labute approximate surface area is 128 Å². The average molecular weight is 311 g/mol. The topological polar surface area (TPSA) is 110 Å². The number of hydrogen-bond donors (Lipinski definition) is 3. The molecule has 1 aromatic heterocycles. The molecule has 1 heterocycles. The second-order valence-corrected chi connectivity index (χ2v) is 4.88. The first kappa shape index (κ1) is 17.5. The van der Waals surface area contributed by atoms with Gasteiger partial charge in [-0.25, -0.2) is 15.0 Å². The van der Waals surface area contributed by atoms with Crippen molar-refractivity contribution in [3.8, 4) is 0 Å². The fraction of sp³-hybridized carbons (Fsp3) is 0.500. The normalized spacial score (nSPS) is 10.3. The van der Waals surface area contributed by atoms with E-state index in [9.17, 15) is 14.4 Å². The molecule has 2 amide bonds.